The number of amides is 1. The van der Waals surface area contributed by atoms with Gasteiger partial charge < -0.3 is 5.32 Å². The highest BCUT2D eigenvalue weighted by atomic mass is 16.1. The van der Waals surface area contributed by atoms with Crippen LogP contribution in [0.4, 0.5) is 0 Å². The lowest BCUT2D eigenvalue weighted by Gasteiger charge is -2.20. The maximum atomic E-state index is 10.9. The number of hydrogen-bond donors (Lipinski definition) is 1. The van der Waals surface area contributed by atoms with Gasteiger partial charge in [0.05, 0.1) is 12.1 Å². The molecule has 0 aromatic heterocycles. The molecule has 64 valence electrons. The zero-order chi connectivity index (χ0) is 9.61. The van der Waals surface area contributed by atoms with Gasteiger partial charge in [-0.1, -0.05) is 6.92 Å². The van der Waals surface area contributed by atoms with Crippen LogP contribution in [0.15, 0.2) is 0 Å². The zero-order valence-electron chi connectivity index (χ0n) is 7.22. The van der Waals surface area contributed by atoms with Gasteiger partial charge in [-0.25, -0.2) is 0 Å². The quantitative estimate of drug-likeness (QED) is 0.669. The Kier molecular flexibility index (Phi) is 3.79. The number of nitrogens with one attached hydrogen (secondary N) is 1. The molecule has 0 radical (unpaired) electrons. The molecule has 1 atom stereocenters. The van der Waals surface area contributed by atoms with E-state index in [1.807, 2.05) is 6.07 Å². The first kappa shape index (κ1) is 10.4. The van der Waals surface area contributed by atoms with Crippen LogP contribution in [0.2, 0.25) is 0 Å². The topological polar surface area (TPSA) is 76.7 Å². The van der Waals surface area contributed by atoms with Gasteiger partial charge in [0, 0.05) is 0 Å². The second-order valence-electron chi connectivity index (χ2n) is 2.68. The van der Waals surface area contributed by atoms with E-state index >= 15 is 0 Å². The Morgan fingerprint density at radius 1 is 1.58 bits per heavy atom. The van der Waals surface area contributed by atoms with Crippen LogP contribution in [0.1, 0.15) is 26.7 Å². The standard InChI is InChI=1S/C8H11N3O/c1-3-8(2,6-10)11-7(12)4-5-9/h3-4H2,1-2H3,(H,11,12). The molecule has 12 heavy (non-hydrogen) atoms. The minimum atomic E-state index is -0.839. The molecule has 1 N–H and O–H groups in total. The molecule has 0 heterocycles. The lowest BCUT2D eigenvalue weighted by molar-refractivity contribution is -0.121. The van der Waals surface area contributed by atoms with E-state index < -0.39 is 11.4 Å². The molecule has 0 saturated heterocycles. The van der Waals surface area contributed by atoms with Crippen molar-refractivity contribution in [2.75, 3.05) is 0 Å². The highest BCUT2D eigenvalue weighted by Gasteiger charge is 2.22. The summed E-state index contributed by atoms with van der Waals surface area (Å²) in [4.78, 5) is 10.9. The van der Waals surface area contributed by atoms with Crippen molar-refractivity contribution in [3.05, 3.63) is 0 Å². The van der Waals surface area contributed by atoms with E-state index in [-0.39, 0.29) is 6.42 Å². The van der Waals surface area contributed by atoms with E-state index in [0.717, 1.165) is 0 Å². The summed E-state index contributed by atoms with van der Waals surface area (Å²) in [6.07, 6.45) is 0.331. The van der Waals surface area contributed by atoms with Gasteiger partial charge >= 0.3 is 0 Å². The highest BCUT2D eigenvalue weighted by Crippen LogP contribution is 2.06. The van der Waals surface area contributed by atoms with Gasteiger partial charge in [-0.15, -0.1) is 0 Å². The van der Waals surface area contributed by atoms with Crippen molar-refractivity contribution in [1.29, 1.82) is 10.5 Å². The number of rotatable bonds is 3. The Morgan fingerprint density at radius 2 is 2.17 bits per heavy atom. The fourth-order valence-corrected chi connectivity index (χ4v) is 0.619. The van der Waals surface area contributed by atoms with Crippen LogP contribution < -0.4 is 5.32 Å². The van der Waals surface area contributed by atoms with Crippen molar-refractivity contribution in [2.24, 2.45) is 0 Å². The summed E-state index contributed by atoms with van der Waals surface area (Å²) in [6.45, 7) is 3.43. The van der Waals surface area contributed by atoms with Crippen LogP contribution in [0, 0.1) is 22.7 Å². The molecule has 0 bridgehead atoms. The summed E-state index contributed by atoms with van der Waals surface area (Å²) in [5.74, 6) is -0.400. The second kappa shape index (κ2) is 4.35. The maximum absolute atomic E-state index is 10.9. The van der Waals surface area contributed by atoms with Crippen LogP contribution in [-0.2, 0) is 4.79 Å². The molecule has 0 aliphatic carbocycles. The summed E-state index contributed by atoms with van der Waals surface area (Å²) >= 11 is 0. The van der Waals surface area contributed by atoms with Gasteiger partial charge in [0.2, 0.25) is 5.91 Å². The number of hydrogen-bond acceptors (Lipinski definition) is 3. The Balaban J connectivity index is 4.16. The van der Waals surface area contributed by atoms with Gasteiger partial charge in [0.25, 0.3) is 0 Å². The van der Waals surface area contributed by atoms with E-state index in [0.29, 0.717) is 6.42 Å². The molecule has 0 spiro atoms. The summed E-state index contributed by atoms with van der Waals surface area (Å²) in [5.41, 5.74) is -0.839. The Hall–Kier alpha value is -1.55. The largest absolute Gasteiger partial charge is 0.337 e. The van der Waals surface area contributed by atoms with Gasteiger partial charge in [-0.3, -0.25) is 4.79 Å². The van der Waals surface area contributed by atoms with Crippen molar-refractivity contribution in [2.45, 2.75) is 32.2 Å². The number of nitriles is 2. The number of nitrogens with zero attached hydrogens (tertiary/aromatic N) is 2. The van der Waals surface area contributed by atoms with Gasteiger partial charge in [0.15, 0.2) is 0 Å². The third-order valence-electron chi connectivity index (χ3n) is 1.61. The smallest absolute Gasteiger partial charge is 0.235 e. The molecule has 1 unspecified atom stereocenters. The monoisotopic (exact) mass is 165 g/mol. The van der Waals surface area contributed by atoms with Crippen LogP contribution in [0.25, 0.3) is 0 Å². The molecule has 4 nitrogen and oxygen atoms in total. The van der Waals surface area contributed by atoms with E-state index in [1.165, 1.54) is 0 Å². The van der Waals surface area contributed by atoms with Crippen molar-refractivity contribution in [3.63, 3.8) is 0 Å². The van der Waals surface area contributed by atoms with Crippen molar-refractivity contribution < 1.29 is 4.79 Å². The molecule has 0 rings (SSSR count). The van der Waals surface area contributed by atoms with E-state index in [1.54, 1.807) is 19.9 Å². The molecular weight excluding hydrogens is 154 g/mol. The minimum absolute atomic E-state index is 0.197. The predicted molar refractivity (Wildman–Crippen MR) is 42.7 cm³/mol. The average molecular weight is 165 g/mol. The average Bonchev–Trinajstić information content (AvgIpc) is 2.05. The lowest BCUT2D eigenvalue weighted by atomic mass is 10.0. The lowest BCUT2D eigenvalue weighted by Crippen LogP contribution is -2.44. The Morgan fingerprint density at radius 3 is 2.50 bits per heavy atom. The summed E-state index contributed by atoms with van der Waals surface area (Å²) < 4.78 is 0. The van der Waals surface area contributed by atoms with Gasteiger partial charge in [-0.05, 0) is 13.3 Å². The SMILES string of the molecule is CCC(C)(C#N)NC(=O)CC#N. The first-order valence-corrected chi connectivity index (χ1v) is 3.67. The minimum Gasteiger partial charge on any atom is -0.337 e. The molecule has 0 aliphatic rings. The fourth-order valence-electron chi connectivity index (χ4n) is 0.619. The van der Waals surface area contributed by atoms with Gasteiger partial charge in [-0.2, -0.15) is 10.5 Å². The normalized spacial score (nSPS) is 13.7. The maximum Gasteiger partial charge on any atom is 0.235 e. The molecule has 0 saturated carbocycles. The Bertz CT molecular complexity index is 248. The Labute approximate surface area is 71.8 Å². The number of carbonyl (C=O) groups is 1. The fraction of sp³-hybridized carbons (Fsp3) is 0.625. The third-order valence-corrected chi connectivity index (χ3v) is 1.61. The van der Waals surface area contributed by atoms with Crippen LogP contribution in [0.5, 0.6) is 0 Å². The second-order valence-corrected chi connectivity index (χ2v) is 2.68. The van der Waals surface area contributed by atoms with E-state index in [2.05, 4.69) is 5.32 Å². The first-order chi connectivity index (χ1) is 5.58. The van der Waals surface area contributed by atoms with Crippen molar-refractivity contribution in [3.8, 4) is 12.1 Å². The van der Waals surface area contributed by atoms with Crippen molar-refractivity contribution in [1.82, 2.24) is 5.32 Å². The number of carbonyl (C=O) groups excluding carboxylic acids is 1. The molecule has 0 aromatic carbocycles. The summed E-state index contributed by atoms with van der Waals surface area (Å²) in [7, 11) is 0. The predicted octanol–water partition coefficient (Wildman–Crippen LogP) is 0.709. The molecule has 0 aliphatic heterocycles. The molecular formula is C8H11N3O. The van der Waals surface area contributed by atoms with E-state index in [4.69, 9.17) is 10.5 Å². The summed E-state index contributed by atoms with van der Waals surface area (Å²) in [5, 5.41) is 19.3. The molecule has 0 fully saturated rings. The van der Waals surface area contributed by atoms with E-state index in [9.17, 15) is 4.79 Å². The molecule has 4 heteroatoms. The zero-order valence-corrected chi connectivity index (χ0v) is 7.22. The highest BCUT2D eigenvalue weighted by molar-refractivity contribution is 5.79. The first-order valence-electron chi connectivity index (χ1n) is 3.67. The van der Waals surface area contributed by atoms with Crippen LogP contribution in [-0.4, -0.2) is 11.4 Å². The van der Waals surface area contributed by atoms with Crippen LogP contribution >= 0.6 is 0 Å². The third kappa shape index (κ3) is 3.03. The summed E-state index contributed by atoms with van der Waals surface area (Å²) in [6, 6.07) is 3.69. The van der Waals surface area contributed by atoms with Crippen LogP contribution in [0.3, 0.4) is 0 Å². The molecule has 0 aromatic rings. The van der Waals surface area contributed by atoms with Crippen molar-refractivity contribution >= 4 is 5.91 Å². The molecule has 1 amide bonds. The van der Waals surface area contributed by atoms with Gasteiger partial charge in [0.1, 0.15) is 12.0 Å².